The van der Waals surface area contributed by atoms with Crippen molar-refractivity contribution in [1.29, 1.82) is 0 Å². The molecule has 0 unspecified atom stereocenters. The minimum absolute atomic E-state index is 0.163. The highest BCUT2D eigenvalue weighted by Crippen LogP contribution is 2.10. The van der Waals surface area contributed by atoms with E-state index in [9.17, 15) is 9.18 Å². The highest BCUT2D eigenvalue weighted by atomic mass is 19.1. The maximum absolute atomic E-state index is 12.8. The maximum Gasteiger partial charge on any atom is 0.258 e. The molecular formula is C16H14FN5O2. The highest BCUT2D eigenvalue weighted by molar-refractivity contribution is 5.77. The lowest BCUT2D eigenvalue weighted by molar-refractivity contribution is -0.123. The van der Waals surface area contributed by atoms with E-state index in [0.29, 0.717) is 11.4 Å². The molecule has 0 radical (unpaired) electrons. The molecule has 0 saturated carbocycles. The van der Waals surface area contributed by atoms with Crippen molar-refractivity contribution in [2.75, 3.05) is 6.61 Å². The summed E-state index contributed by atoms with van der Waals surface area (Å²) in [6.07, 6.45) is 5.03. The predicted molar refractivity (Wildman–Crippen MR) is 82.9 cm³/mol. The third-order valence-electron chi connectivity index (χ3n) is 3.12. The van der Waals surface area contributed by atoms with E-state index in [-0.39, 0.29) is 24.9 Å². The summed E-state index contributed by atoms with van der Waals surface area (Å²) in [6, 6.07) is 9.06. The van der Waals surface area contributed by atoms with Crippen LogP contribution in [0.1, 0.15) is 5.69 Å². The van der Waals surface area contributed by atoms with Crippen LogP contribution in [-0.2, 0) is 11.3 Å². The van der Waals surface area contributed by atoms with Crippen molar-refractivity contribution in [3.05, 3.63) is 66.5 Å². The van der Waals surface area contributed by atoms with Crippen LogP contribution in [0.2, 0.25) is 0 Å². The summed E-state index contributed by atoms with van der Waals surface area (Å²) >= 11 is 0. The van der Waals surface area contributed by atoms with E-state index in [0.717, 1.165) is 5.69 Å². The van der Waals surface area contributed by atoms with Crippen LogP contribution < -0.4 is 10.1 Å². The Bertz CT molecular complexity index is 805. The monoisotopic (exact) mass is 327 g/mol. The van der Waals surface area contributed by atoms with Gasteiger partial charge in [-0.2, -0.15) is 0 Å². The van der Waals surface area contributed by atoms with E-state index >= 15 is 0 Å². The minimum Gasteiger partial charge on any atom is -0.484 e. The minimum atomic E-state index is -0.357. The molecule has 1 aromatic carbocycles. The fraction of sp³-hybridized carbons (Fsp3) is 0.125. The number of benzene rings is 1. The number of hydrogen-bond donors (Lipinski definition) is 1. The molecule has 122 valence electrons. The van der Waals surface area contributed by atoms with E-state index in [1.807, 2.05) is 0 Å². The lowest BCUT2D eigenvalue weighted by Gasteiger charge is -2.06. The smallest absolute Gasteiger partial charge is 0.258 e. The van der Waals surface area contributed by atoms with Gasteiger partial charge in [0.1, 0.15) is 17.3 Å². The molecule has 24 heavy (non-hydrogen) atoms. The topological polar surface area (TPSA) is 81.9 Å². The summed E-state index contributed by atoms with van der Waals surface area (Å²) < 4.78 is 19.6. The third-order valence-corrected chi connectivity index (χ3v) is 3.12. The van der Waals surface area contributed by atoms with Gasteiger partial charge in [-0.1, -0.05) is 5.21 Å². The van der Waals surface area contributed by atoms with Crippen LogP contribution in [0.25, 0.3) is 5.69 Å². The van der Waals surface area contributed by atoms with Crippen LogP contribution in [-0.4, -0.2) is 32.5 Å². The SMILES string of the molecule is O=C(COc1ccc(F)cc1)NCc1cn(-c2ccncc2)nn1. The molecule has 2 heterocycles. The second-order valence-electron chi connectivity index (χ2n) is 4.88. The number of amides is 1. The van der Waals surface area contributed by atoms with Gasteiger partial charge in [-0.05, 0) is 36.4 Å². The van der Waals surface area contributed by atoms with Gasteiger partial charge in [0.25, 0.3) is 5.91 Å². The van der Waals surface area contributed by atoms with Crippen molar-refractivity contribution in [2.45, 2.75) is 6.54 Å². The Hall–Kier alpha value is -3.29. The summed E-state index contributed by atoms with van der Waals surface area (Å²) in [6.45, 7) is 0.0703. The van der Waals surface area contributed by atoms with Gasteiger partial charge in [0, 0.05) is 12.4 Å². The highest BCUT2D eigenvalue weighted by Gasteiger charge is 2.06. The zero-order chi connectivity index (χ0) is 16.8. The predicted octanol–water partition coefficient (Wildman–Crippen LogP) is 1.50. The largest absolute Gasteiger partial charge is 0.484 e. The lowest BCUT2D eigenvalue weighted by atomic mass is 10.3. The molecule has 0 aliphatic rings. The van der Waals surface area contributed by atoms with E-state index in [1.54, 1.807) is 35.4 Å². The number of halogens is 1. The van der Waals surface area contributed by atoms with Gasteiger partial charge in [-0.3, -0.25) is 9.78 Å². The first kappa shape index (κ1) is 15.6. The summed E-state index contributed by atoms with van der Waals surface area (Å²) in [4.78, 5) is 15.7. The molecule has 0 bridgehead atoms. The van der Waals surface area contributed by atoms with Gasteiger partial charge in [0.15, 0.2) is 6.61 Å². The van der Waals surface area contributed by atoms with Crippen LogP contribution in [0.3, 0.4) is 0 Å². The van der Waals surface area contributed by atoms with E-state index in [4.69, 9.17) is 4.74 Å². The summed E-state index contributed by atoms with van der Waals surface area (Å²) in [7, 11) is 0. The molecule has 0 spiro atoms. The number of nitrogens with one attached hydrogen (secondary N) is 1. The number of carbonyl (C=O) groups excluding carboxylic acids is 1. The van der Waals surface area contributed by atoms with Crippen molar-refractivity contribution in [1.82, 2.24) is 25.3 Å². The molecule has 7 nitrogen and oxygen atoms in total. The average molecular weight is 327 g/mol. The molecule has 0 aliphatic heterocycles. The second kappa shape index (κ2) is 7.32. The molecule has 1 N–H and O–H groups in total. The number of hydrogen-bond acceptors (Lipinski definition) is 5. The summed E-state index contributed by atoms with van der Waals surface area (Å²) in [5, 5.41) is 10.7. The van der Waals surface area contributed by atoms with Crippen LogP contribution in [0.5, 0.6) is 5.75 Å². The Kier molecular flexibility index (Phi) is 4.76. The zero-order valence-electron chi connectivity index (χ0n) is 12.6. The molecule has 3 aromatic rings. The number of rotatable bonds is 6. The standard InChI is InChI=1S/C16H14FN5O2/c17-12-1-3-15(4-2-12)24-11-16(23)19-9-13-10-22(21-20-13)14-5-7-18-8-6-14/h1-8,10H,9,11H2,(H,19,23). The van der Waals surface area contributed by atoms with Gasteiger partial charge in [0.2, 0.25) is 0 Å². The summed E-state index contributed by atoms with van der Waals surface area (Å²) in [5.41, 5.74) is 1.44. The van der Waals surface area contributed by atoms with Crippen molar-refractivity contribution in [3.8, 4) is 11.4 Å². The molecule has 3 rings (SSSR count). The van der Waals surface area contributed by atoms with Crippen molar-refractivity contribution < 1.29 is 13.9 Å². The van der Waals surface area contributed by atoms with Gasteiger partial charge in [-0.25, -0.2) is 9.07 Å². The van der Waals surface area contributed by atoms with Gasteiger partial charge >= 0.3 is 0 Å². The number of pyridine rings is 1. The van der Waals surface area contributed by atoms with Crippen LogP contribution >= 0.6 is 0 Å². The Labute approximate surface area is 137 Å². The van der Waals surface area contributed by atoms with Gasteiger partial charge in [0.05, 0.1) is 18.4 Å². The first-order chi connectivity index (χ1) is 11.7. The quantitative estimate of drug-likeness (QED) is 0.742. The number of nitrogens with zero attached hydrogens (tertiary/aromatic N) is 4. The molecule has 1 amide bonds. The Balaban J connectivity index is 1.48. The number of aromatic nitrogens is 4. The average Bonchev–Trinajstić information content (AvgIpc) is 3.09. The molecule has 8 heteroatoms. The fourth-order valence-corrected chi connectivity index (χ4v) is 1.92. The lowest BCUT2D eigenvalue weighted by Crippen LogP contribution is -2.28. The molecule has 0 aliphatic carbocycles. The number of ether oxygens (including phenoxy) is 1. The molecule has 0 saturated heterocycles. The Morgan fingerprint density at radius 3 is 2.67 bits per heavy atom. The van der Waals surface area contributed by atoms with Crippen LogP contribution in [0, 0.1) is 5.82 Å². The molecule has 0 fully saturated rings. The Morgan fingerprint density at radius 1 is 1.17 bits per heavy atom. The summed E-state index contributed by atoms with van der Waals surface area (Å²) in [5.74, 6) is -0.239. The fourth-order valence-electron chi connectivity index (χ4n) is 1.92. The molecule has 0 atom stereocenters. The van der Waals surface area contributed by atoms with Crippen molar-refractivity contribution >= 4 is 5.91 Å². The Morgan fingerprint density at radius 2 is 1.92 bits per heavy atom. The van der Waals surface area contributed by atoms with Crippen molar-refractivity contribution in [3.63, 3.8) is 0 Å². The maximum atomic E-state index is 12.8. The van der Waals surface area contributed by atoms with E-state index in [1.165, 1.54) is 24.3 Å². The van der Waals surface area contributed by atoms with Crippen molar-refractivity contribution in [2.24, 2.45) is 0 Å². The van der Waals surface area contributed by atoms with E-state index in [2.05, 4.69) is 20.6 Å². The third kappa shape index (κ3) is 4.13. The number of carbonyl (C=O) groups is 1. The van der Waals surface area contributed by atoms with Crippen LogP contribution in [0.15, 0.2) is 55.0 Å². The molecular weight excluding hydrogens is 313 g/mol. The zero-order valence-corrected chi connectivity index (χ0v) is 12.6. The van der Waals surface area contributed by atoms with Crippen LogP contribution in [0.4, 0.5) is 4.39 Å². The molecule has 2 aromatic heterocycles. The first-order valence-corrected chi connectivity index (χ1v) is 7.17. The van der Waals surface area contributed by atoms with E-state index < -0.39 is 0 Å². The van der Waals surface area contributed by atoms with Gasteiger partial charge < -0.3 is 10.1 Å². The normalized spacial score (nSPS) is 10.4. The van der Waals surface area contributed by atoms with Gasteiger partial charge in [-0.15, -0.1) is 5.10 Å². The second-order valence-corrected chi connectivity index (χ2v) is 4.88. The first-order valence-electron chi connectivity index (χ1n) is 7.17.